The fourth-order valence-electron chi connectivity index (χ4n) is 2.54. The average molecular weight is 392 g/mol. The normalized spacial score (nSPS) is 12.4. The largest absolute Gasteiger partial charge is 0.494 e. The molecule has 150 valence electrons. The lowest BCUT2D eigenvalue weighted by Crippen LogP contribution is -2.40. The Morgan fingerprint density at radius 1 is 1.07 bits per heavy atom. The summed E-state index contributed by atoms with van der Waals surface area (Å²) in [6.07, 6.45) is 3.15. The third-order valence-electron chi connectivity index (χ3n) is 5.32. The molecule has 1 N–H and O–H groups in total. The maximum atomic E-state index is 11.6. The number of methoxy groups -OCH3 is 1. The minimum Gasteiger partial charge on any atom is -0.494 e. The van der Waals surface area contributed by atoms with Gasteiger partial charge in [-0.05, 0) is 61.7 Å². The number of benzene rings is 1. The van der Waals surface area contributed by atoms with E-state index in [4.69, 9.17) is 13.9 Å². The highest BCUT2D eigenvalue weighted by molar-refractivity contribution is 6.74. The van der Waals surface area contributed by atoms with Gasteiger partial charge < -0.3 is 18.9 Å². The Bertz CT molecular complexity index is 761. The molecule has 0 aliphatic rings. The number of ether oxygens (including phenoxy) is 2. The van der Waals surface area contributed by atoms with Gasteiger partial charge in [-0.2, -0.15) is 0 Å². The third-order valence-corrected chi connectivity index (χ3v) is 9.86. The molecular formula is C21H33NO4Si. The van der Waals surface area contributed by atoms with Crippen LogP contribution in [-0.2, 0) is 9.16 Å². The van der Waals surface area contributed by atoms with E-state index in [2.05, 4.69) is 38.8 Å². The summed E-state index contributed by atoms with van der Waals surface area (Å²) in [5, 5.41) is 1.21. The maximum absolute atomic E-state index is 11.6. The van der Waals surface area contributed by atoms with E-state index in [-0.39, 0.29) is 11.0 Å². The second-order valence-corrected chi connectivity index (χ2v) is 13.3. The molecular weight excluding hydrogens is 358 g/mol. The van der Waals surface area contributed by atoms with Crippen molar-refractivity contribution in [2.45, 2.75) is 58.2 Å². The highest BCUT2D eigenvalue weighted by Crippen LogP contribution is 2.36. The lowest BCUT2D eigenvalue weighted by molar-refractivity contribution is 0.0595. The van der Waals surface area contributed by atoms with E-state index in [9.17, 15) is 4.79 Å². The SMILES string of the molecule is COC(=O)c1cc2cc(OCCCCCO[Si](C)(C)C(C)(C)C)ccc2[nH]1. The molecule has 0 unspecified atom stereocenters. The van der Waals surface area contributed by atoms with E-state index < -0.39 is 8.32 Å². The van der Waals surface area contributed by atoms with Crippen molar-refractivity contribution in [3.63, 3.8) is 0 Å². The van der Waals surface area contributed by atoms with Crippen molar-refractivity contribution in [1.82, 2.24) is 4.98 Å². The van der Waals surface area contributed by atoms with Gasteiger partial charge in [-0.3, -0.25) is 0 Å². The van der Waals surface area contributed by atoms with Crippen LogP contribution in [0.5, 0.6) is 5.75 Å². The van der Waals surface area contributed by atoms with Gasteiger partial charge in [0.25, 0.3) is 0 Å². The second-order valence-electron chi connectivity index (χ2n) is 8.44. The predicted octanol–water partition coefficient (Wildman–Crippen LogP) is 5.53. The quantitative estimate of drug-likeness (QED) is 0.347. The van der Waals surface area contributed by atoms with Crippen LogP contribution in [0, 0.1) is 0 Å². The van der Waals surface area contributed by atoms with Crippen molar-refractivity contribution < 1.29 is 18.7 Å². The van der Waals surface area contributed by atoms with Crippen molar-refractivity contribution in [3.05, 3.63) is 30.0 Å². The summed E-state index contributed by atoms with van der Waals surface area (Å²) in [6.45, 7) is 12.9. The molecule has 2 aromatic rings. The molecule has 0 aliphatic heterocycles. The summed E-state index contributed by atoms with van der Waals surface area (Å²) in [4.78, 5) is 14.6. The van der Waals surface area contributed by atoms with Crippen LogP contribution in [0.2, 0.25) is 18.1 Å². The molecule has 0 bridgehead atoms. The highest BCUT2D eigenvalue weighted by atomic mass is 28.4. The van der Waals surface area contributed by atoms with E-state index in [0.29, 0.717) is 12.3 Å². The molecule has 0 saturated heterocycles. The summed E-state index contributed by atoms with van der Waals surface area (Å²) in [6, 6.07) is 7.57. The zero-order valence-corrected chi connectivity index (χ0v) is 18.5. The van der Waals surface area contributed by atoms with E-state index in [1.165, 1.54) is 7.11 Å². The number of H-pyrrole nitrogens is 1. The summed E-state index contributed by atoms with van der Waals surface area (Å²) < 4.78 is 16.8. The Morgan fingerprint density at radius 2 is 1.78 bits per heavy atom. The van der Waals surface area contributed by atoms with Crippen molar-refractivity contribution in [1.29, 1.82) is 0 Å². The first-order valence-electron chi connectivity index (χ1n) is 9.62. The topological polar surface area (TPSA) is 60.6 Å². The fraction of sp³-hybridized carbons (Fsp3) is 0.571. The number of fused-ring (bicyclic) bond motifs is 1. The zero-order chi connectivity index (χ0) is 20.1. The van der Waals surface area contributed by atoms with E-state index in [0.717, 1.165) is 42.5 Å². The van der Waals surface area contributed by atoms with Gasteiger partial charge in [0, 0.05) is 17.5 Å². The van der Waals surface area contributed by atoms with Crippen molar-refractivity contribution >= 4 is 25.2 Å². The molecule has 6 heteroatoms. The summed E-state index contributed by atoms with van der Waals surface area (Å²) >= 11 is 0. The minimum atomic E-state index is -1.63. The van der Waals surface area contributed by atoms with Gasteiger partial charge in [-0.25, -0.2) is 4.79 Å². The lowest BCUT2D eigenvalue weighted by Gasteiger charge is -2.36. The van der Waals surface area contributed by atoms with Gasteiger partial charge >= 0.3 is 5.97 Å². The molecule has 2 rings (SSSR count). The summed E-state index contributed by atoms with van der Waals surface area (Å²) in [7, 11) is -0.254. The van der Waals surface area contributed by atoms with Crippen LogP contribution >= 0.6 is 0 Å². The smallest absolute Gasteiger partial charge is 0.354 e. The van der Waals surface area contributed by atoms with Crippen molar-refractivity contribution in [2.24, 2.45) is 0 Å². The molecule has 1 aromatic carbocycles. The van der Waals surface area contributed by atoms with E-state index in [1.807, 2.05) is 18.2 Å². The number of aromatic amines is 1. The number of nitrogens with one attached hydrogen (secondary N) is 1. The van der Waals surface area contributed by atoms with Crippen molar-refractivity contribution in [2.75, 3.05) is 20.3 Å². The molecule has 0 fully saturated rings. The number of rotatable bonds is 9. The standard InChI is InChI=1S/C21H33NO4Si/c1-21(2,3)27(5,6)26-13-9-7-8-12-25-17-10-11-18-16(14-17)15-19(22-18)20(23)24-4/h10-11,14-15,22H,7-9,12-13H2,1-6H3. The number of carbonyl (C=O) groups excluding carboxylic acids is 1. The van der Waals surface area contributed by atoms with Crippen LogP contribution in [0.25, 0.3) is 10.9 Å². The van der Waals surface area contributed by atoms with Gasteiger partial charge in [0.2, 0.25) is 0 Å². The Balaban J connectivity index is 1.72. The Morgan fingerprint density at radius 3 is 2.44 bits per heavy atom. The van der Waals surface area contributed by atoms with Crippen LogP contribution in [0.4, 0.5) is 0 Å². The third kappa shape index (κ3) is 5.84. The number of hydrogen-bond donors (Lipinski definition) is 1. The Kier molecular flexibility index (Phi) is 7.11. The van der Waals surface area contributed by atoms with Crippen molar-refractivity contribution in [3.8, 4) is 5.75 Å². The average Bonchev–Trinajstić information content (AvgIpc) is 3.02. The first-order valence-corrected chi connectivity index (χ1v) is 12.5. The van der Waals surface area contributed by atoms with Gasteiger partial charge in [-0.1, -0.05) is 20.8 Å². The molecule has 1 aromatic heterocycles. The van der Waals surface area contributed by atoms with E-state index >= 15 is 0 Å². The highest BCUT2D eigenvalue weighted by Gasteiger charge is 2.36. The molecule has 0 spiro atoms. The van der Waals surface area contributed by atoms with Gasteiger partial charge in [0.15, 0.2) is 8.32 Å². The van der Waals surface area contributed by atoms with Crippen LogP contribution in [-0.4, -0.2) is 39.6 Å². The Hall–Kier alpha value is -1.79. The zero-order valence-electron chi connectivity index (χ0n) is 17.5. The minimum absolute atomic E-state index is 0.265. The first kappa shape index (κ1) is 21.5. The van der Waals surface area contributed by atoms with Crippen LogP contribution in [0.3, 0.4) is 0 Å². The fourth-order valence-corrected chi connectivity index (χ4v) is 3.62. The molecule has 0 amide bonds. The maximum Gasteiger partial charge on any atom is 0.354 e. The number of hydrogen-bond acceptors (Lipinski definition) is 4. The summed E-state index contributed by atoms with van der Waals surface area (Å²) in [5.41, 5.74) is 1.34. The van der Waals surface area contributed by atoms with Crippen LogP contribution in [0.15, 0.2) is 24.3 Å². The predicted molar refractivity (Wildman–Crippen MR) is 112 cm³/mol. The Labute approximate surface area is 163 Å². The molecule has 0 radical (unpaired) electrons. The lowest BCUT2D eigenvalue weighted by atomic mass is 10.2. The number of carbonyl (C=O) groups is 1. The number of unbranched alkanes of at least 4 members (excludes halogenated alkanes) is 2. The van der Waals surface area contributed by atoms with Gasteiger partial charge in [0.05, 0.1) is 13.7 Å². The number of esters is 1. The molecule has 0 saturated carbocycles. The van der Waals surface area contributed by atoms with Crippen LogP contribution in [0.1, 0.15) is 50.5 Å². The number of aromatic nitrogens is 1. The second kappa shape index (κ2) is 8.93. The van der Waals surface area contributed by atoms with E-state index in [1.54, 1.807) is 6.07 Å². The monoisotopic (exact) mass is 391 g/mol. The first-order chi connectivity index (χ1) is 12.6. The summed E-state index contributed by atoms with van der Waals surface area (Å²) in [5.74, 6) is 0.448. The molecule has 0 atom stereocenters. The molecule has 0 aliphatic carbocycles. The molecule has 5 nitrogen and oxygen atoms in total. The van der Waals surface area contributed by atoms with Crippen LogP contribution < -0.4 is 4.74 Å². The van der Waals surface area contributed by atoms with Gasteiger partial charge in [0.1, 0.15) is 11.4 Å². The molecule has 27 heavy (non-hydrogen) atoms. The van der Waals surface area contributed by atoms with Gasteiger partial charge in [-0.15, -0.1) is 0 Å². The molecule has 1 heterocycles.